The molecule has 4 bridgehead atoms. The van der Waals surface area contributed by atoms with Gasteiger partial charge in [-0.25, -0.2) is 4.72 Å². The molecular weight excluding hydrogens is 568 g/mol. The van der Waals surface area contributed by atoms with Crippen molar-refractivity contribution < 1.29 is 27.3 Å². The maximum Gasteiger partial charge on any atom is 0.303 e. The zero-order valence-corrected chi connectivity index (χ0v) is 26.3. The predicted molar refractivity (Wildman–Crippen MR) is 166 cm³/mol. The second-order valence-corrected chi connectivity index (χ2v) is 14.7. The first-order chi connectivity index (χ1) is 20.6. The van der Waals surface area contributed by atoms with Crippen molar-refractivity contribution in [1.82, 2.24) is 13.6 Å². The highest BCUT2D eigenvalue weighted by Gasteiger charge is 2.35. The maximum absolute atomic E-state index is 13.8. The van der Waals surface area contributed by atoms with Crippen LogP contribution >= 0.6 is 0 Å². The van der Waals surface area contributed by atoms with Gasteiger partial charge in [0, 0.05) is 49.6 Å². The fraction of sp³-hybridized carbons (Fsp3) is 0.594. The molecule has 2 aromatic rings. The maximum atomic E-state index is 13.8. The van der Waals surface area contributed by atoms with E-state index in [0.29, 0.717) is 24.6 Å². The van der Waals surface area contributed by atoms with Gasteiger partial charge in [-0.3, -0.25) is 4.79 Å². The Kier molecular flexibility index (Phi) is 8.58. The Morgan fingerprint density at radius 1 is 1.14 bits per heavy atom. The SMILES string of the molecule is COC1C=CC2=C(CC3Cn4c2c(C2CCCCC2)c2ccc(cc24)C(=O)NS(=O)(=O)N(C)CCOCC[N+](C)([O-])C3)C1. The van der Waals surface area contributed by atoms with Crippen LogP contribution in [0.25, 0.3) is 16.5 Å². The molecule has 2 aliphatic carbocycles. The average molecular weight is 613 g/mol. The minimum Gasteiger partial charge on any atom is -0.633 e. The number of ether oxygens (including phenoxy) is 2. The molecule has 43 heavy (non-hydrogen) atoms. The van der Waals surface area contributed by atoms with E-state index in [4.69, 9.17) is 9.47 Å². The number of aromatic nitrogens is 1. The number of amides is 1. The van der Waals surface area contributed by atoms with E-state index in [1.54, 1.807) is 20.2 Å². The van der Waals surface area contributed by atoms with E-state index in [-0.39, 0.29) is 38.3 Å². The standard InChI is InChI=1S/C32H44N4O6S/c1-34-13-15-42-16-14-36(2,38)21-22-17-25-18-26(41-3)10-12-27(25)31-30(23-7-5-4-6-8-23)28-11-9-24(19-29(28)35(31)20-22)32(37)33-43(34,39)40/h9-12,19,22-23,26H,4-8,13-18,20-21H2,1-3H3,(H,33,37). The highest BCUT2D eigenvalue weighted by molar-refractivity contribution is 7.87. The second kappa shape index (κ2) is 12.1. The molecule has 3 heterocycles. The van der Waals surface area contributed by atoms with E-state index in [1.807, 2.05) is 12.1 Å². The van der Waals surface area contributed by atoms with Crippen molar-refractivity contribution >= 4 is 32.6 Å². The second-order valence-electron chi connectivity index (χ2n) is 12.9. The molecule has 2 aliphatic heterocycles. The zero-order valence-electron chi connectivity index (χ0n) is 25.5. The van der Waals surface area contributed by atoms with E-state index in [9.17, 15) is 18.4 Å². The number of quaternary nitrogens is 1. The highest BCUT2D eigenvalue weighted by atomic mass is 32.2. The van der Waals surface area contributed by atoms with E-state index in [2.05, 4.69) is 21.4 Å². The Balaban J connectivity index is 1.55. The first-order valence-electron chi connectivity index (χ1n) is 15.6. The lowest BCUT2D eigenvalue weighted by Crippen LogP contribution is -2.45. The number of methoxy groups -OCH3 is 1. The number of carbonyl (C=O) groups excluding carboxylic acids is 1. The summed E-state index contributed by atoms with van der Waals surface area (Å²) < 4.78 is 42.6. The van der Waals surface area contributed by atoms with Gasteiger partial charge in [-0.2, -0.15) is 12.7 Å². The van der Waals surface area contributed by atoms with Crippen LogP contribution in [-0.4, -0.2) is 88.0 Å². The minimum atomic E-state index is -4.07. The van der Waals surface area contributed by atoms with Crippen LogP contribution in [-0.2, 0) is 26.2 Å². The molecule has 1 N–H and O–H groups in total. The van der Waals surface area contributed by atoms with Crippen molar-refractivity contribution in [3.05, 3.63) is 58.0 Å². The molecule has 1 saturated carbocycles. The van der Waals surface area contributed by atoms with Crippen molar-refractivity contribution in [2.24, 2.45) is 5.92 Å². The summed E-state index contributed by atoms with van der Waals surface area (Å²) in [7, 11) is 0.779. The molecule has 3 unspecified atom stereocenters. The quantitative estimate of drug-likeness (QED) is 0.400. The summed E-state index contributed by atoms with van der Waals surface area (Å²) in [6.07, 6.45) is 11.8. The van der Waals surface area contributed by atoms with E-state index in [0.717, 1.165) is 40.9 Å². The van der Waals surface area contributed by atoms with Crippen LogP contribution in [0.3, 0.4) is 0 Å². The Morgan fingerprint density at radius 2 is 1.93 bits per heavy atom. The Bertz CT molecular complexity index is 1550. The number of hydrogen-bond donors (Lipinski definition) is 1. The van der Waals surface area contributed by atoms with Crippen LogP contribution in [0.15, 0.2) is 35.9 Å². The summed E-state index contributed by atoms with van der Waals surface area (Å²) in [5.41, 5.74) is 6.25. The topological polar surface area (TPSA) is 113 Å². The minimum absolute atomic E-state index is 0.00379. The number of nitrogens with zero attached hydrogens (tertiary/aromatic N) is 3. The van der Waals surface area contributed by atoms with Gasteiger partial charge in [0.2, 0.25) is 0 Å². The Morgan fingerprint density at radius 3 is 2.70 bits per heavy atom. The largest absolute Gasteiger partial charge is 0.633 e. The molecule has 234 valence electrons. The number of hydrogen-bond acceptors (Lipinski definition) is 6. The van der Waals surface area contributed by atoms with Crippen LogP contribution in [0, 0.1) is 11.1 Å². The molecule has 10 nitrogen and oxygen atoms in total. The zero-order chi connectivity index (χ0) is 30.4. The molecule has 6 rings (SSSR count). The number of likely N-dealkylation sites (N-methyl/N-ethyl adjacent to an activating group) is 2. The molecule has 1 aromatic carbocycles. The molecule has 0 spiro atoms. The smallest absolute Gasteiger partial charge is 0.303 e. The summed E-state index contributed by atoms with van der Waals surface area (Å²) >= 11 is 0. The summed E-state index contributed by atoms with van der Waals surface area (Å²) in [5.74, 6) is -0.203. The lowest BCUT2D eigenvalue weighted by Gasteiger charge is -2.41. The number of allylic oxidation sites excluding steroid dienone is 2. The van der Waals surface area contributed by atoms with Crippen LogP contribution in [0.4, 0.5) is 0 Å². The molecule has 0 radical (unpaired) electrons. The van der Waals surface area contributed by atoms with Crippen LogP contribution < -0.4 is 4.72 Å². The summed E-state index contributed by atoms with van der Waals surface area (Å²) in [4.78, 5) is 13.4. The van der Waals surface area contributed by atoms with Gasteiger partial charge in [-0.15, -0.1) is 0 Å². The van der Waals surface area contributed by atoms with Gasteiger partial charge in [-0.05, 0) is 54.9 Å². The van der Waals surface area contributed by atoms with Crippen molar-refractivity contribution in [3.8, 4) is 0 Å². The van der Waals surface area contributed by atoms with Gasteiger partial charge in [0.25, 0.3) is 5.91 Å². The number of rotatable bonds is 2. The normalized spacial score (nSPS) is 29.4. The van der Waals surface area contributed by atoms with E-state index < -0.39 is 20.8 Å². The fourth-order valence-electron chi connectivity index (χ4n) is 7.50. The van der Waals surface area contributed by atoms with Gasteiger partial charge in [0.15, 0.2) is 0 Å². The third kappa shape index (κ3) is 6.21. The molecule has 11 heteroatoms. The summed E-state index contributed by atoms with van der Waals surface area (Å²) in [6, 6.07) is 5.59. The highest BCUT2D eigenvalue weighted by Crippen LogP contribution is 2.47. The summed E-state index contributed by atoms with van der Waals surface area (Å²) in [5, 5.41) is 14.9. The van der Waals surface area contributed by atoms with Crippen molar-refractivity contribution in [1.29, 1.82) is 0 Å². The Labute approximate surface area is 254 Å². The molecule has 3 atom stereocenters. The number of carbonyl (C=O) groups is 1. The van der Waals surface area contributed by atoms with Gasteiger partial charge >= 0.3 is 10.2 Å². The first-order valence-corrected chi connectivity index (χ1v) is 17.0. The first kappa shape index (κ1) is 30.5. The van der Waals surface area contributed by atoms with Crippen LogP contribution in [0.2, 0.25) is 0 Å². The van der Waals surface area contributed by atoms with Crippen LogP contribution in [0.1, 0.15) is 72.5 Å². The fourth-order valence-corrected chi connectivity index (χ4v) is 8.33. The molecule has 0 saturated heterocycles. The monoisotopic (exact) mass is 612 g/mol. The number of benzene rings is 1. The van der Waals surface area contributed by atoms with Gasteiger partial charge in [0.1, 0.15) is 6.54 Å². The van der Waals surface area contributed by atoms with E-state index in [1.165, 1.54) is 48.7 Å². The molecule has 1 aromatic heterocycles. The van der Waals surface area contributed by atoms with Gasteiger partial charge < -0.3 is 23.9 Å². The van der Waals surface area contributed by atoms with Crippen LogP contribution in [0.5, 0.6) is 0 Å². The lowest BCUT2D eigenvalue weighted by atomic mass is 9.80. The van der Waals surface area contributed by atoms with Gasteiger partial charge in [-0.1, -0.05) is 43.1 Å². The third-order valence-corrected chi connectivity index (χ3v) is 11.2. The lowest BCUT2D eigenvalue weighted by molar-refractivity contribution is -0.864. The molecular formula is C32H44N4O6S. The molecule has 4 aliphatic rings. The van der Waals surface area contributed by atoms with E-state index >= 15 is 0 Å². The number of nitrogens with one attached hydrogen (secondary N) is 1. The van der Waals surface area contributed by atoms with Crippen molar-refractivity contribution in [2.45, 2.75) is 63.5 Å². The van der Waals surface area contributed by atoms with Gasteiger partial charge in [0.05, 0.1) is 38.6 Å². The third-order valence-electron chi connectivity index (χ3n) is 9.75. The number of hydroxylamine groups is 3. The predicted octanol–water partition coefficient (Wildman–Crippen LogP) is 4.32. The van der Waals surface area contributed by atoms with Crippen molar-refractivity contribution in [2.75, 3.05) is 54.1 Å². The number of fused-ring (bicyclic) bond motifs is 3. The molecule has 1 fully saturated rings. The average Bonchev–Trinajstić information content (AvgIpc) is 3.20. The Hall–Kier alpha value is -2.54. The summed E-state index contributed by atoms with van der Waals surface area (Å²) in [6.45, 7) is 1.75. The van der Waals surface area contributed by atoms with Crippen molar-refractivity contribution in [3.63, 3.8) is 0 Å². The molecule has 1 amide bonds.